The monoisotopic (exact) mass is 384 g/mol. The number of halogens is 3. The standard InChI is InChI=1S/C18H23F3N4O2/c1-3-17(27,4-2)10-14(26)24-16-22-12-8-9-13(18(19,20)21)23-15(12)25(16)11-6-5-7-11/h8-9,11,27H,3-7,10H2,1-2H3,(H,22,24,26). The van der Waals surface area contributed by atoms with E-state index >= 15 is 0 Å². The van der Waals surface area contributed by atoms with E-state index in [9.17, 15) is 23.1 Å². The Bertz CT molecular complexity index is 839. The molecule has 1 aliphatic rings. The van der Waals surface area contributed by atoms with Crippen molar-refractivity contribution in [1.82, 2.24) is 14.5 Å². The van der Waals surface area contributed by atoms with Gasteiger partial charge in [0.25, 0.3) is 0 Å². The van der Waals surface area contributed by atoms with Gasteiger partial charge in [0, 0.05) is 6.04 Å². The highest BCUT2D eigenvalue weighted by molar-refractivity contribution is 5.91. The molecule has 27 heavy (non-hydrogen) atoms. The molecule has 0 radical (unpaired) electrons. The lowest BCUT2D eigenvalue weighted by Gasteiger charge is -2.29. The highest BCUT2D eigenvalue weighted by atomic mass is 19.4. The Hall–Kier alpha value is -2.16. The van der Waals surface area contributed by atoms with Gasteiger partial charge in [-0.1, -0.05) is 13.8 Å². The summed E-state index contributed by atoms with van der Waals surface area (Å²) in [5.74, 6) is -0.241. The number of amides is 1. The number of fused-ring (bicyclic) bond motifs is 1. The van der Waals surface area contributed by atoms with Crippen LogP contribution in [0.5, 0.6) is 0 Å². The van der Waals surface area contributed by atoms with Crippen molar-refractivity contribution in [2.24, 2.45) is 0 Å². The van der Waals surface area contributed by atoms with E-state index in [0.717, 1.165) is 25.3 Å². The van der Waals surface area contributed by atoms with E-state index in [1.54, 1.807) is 18.4 Å². The number of rotatable bonds is 6. The van der Waals surface area contributed by atoms with Crippen LogP contribution in [0.4, 0.5) is 19.1 Å². The molecular formula is C18H23F3N4O2. The van der Waals surface area contributed by atoms with Crippen LogP contribution in [0.2, 0.25) is 0 Å². The third kappa shape index (κ3) is 3.92. The molecule has 148 valence electrons. The molecule has 0 spiro atoms. The van der Waals surface area contributed by atoms with Crippen molar-refractivity contribution in [2.75, 3.05) is 5.32 Å². The zero-order valence-electron chi connectivity index (χ0n) is 15.3. The van der Waals surface area contributed by atoms with Crippen LogP contribution in [0.15, 0.2) is 12.1 Å². The molecule has 2 aromatic heterocycles. The molecule has 0 bridgehead atoms. The van der Waals surface area contributed by atoms with Gasteiger partial charge in [0.15, 0.2) is 5.65 Å². The van der Waals surface area contributed by atoms with E-state index < -0.39 is 23.4 Å². The number of aromatic nitrogens is 3. The van der Waals surface area contributed by atoms with Crippen molar-refractivity contribution in [2.45, 2.75) is 70.2 Å². The summed E-state index contributed by atoms with van der Waals surface area (Å²) in [4.78, 5) is 20.4. The molecule has 0 atom stereocenters. The summed E-state index contributed by atoms with van der Waals surface area (Å²) in [5.41, 5.74) is -1.68. The normalized spacial score (nSPS) is 15.8. The molecule has 9 heteroatoms. The number of hydrogen-bond acceptors (Lipinski definition) is 4. The van der Waals surface area contributed by atoms with E-state index in [0.29, 0.717) is 18.4 Å². The van der Waals surface area contributed by atoms with E-state index in [2.05, 4.69) is 15.3 Å². The molecule has 6 nitrogen and oxygen atoms in total. The van der Waals surface area contributed by atoms with Crippen LogP contribution >= 0.6 is 0 Å². The molecular weight excluding hydrogens is 361 g/mol. The molecule has 0 unspecified atom stereocenters. The predicted octanol–water partition coefficient (Wildman–Crippen LogP) is 4.05. The SMILES string of the molecule is CCC(O)(CC)CC(=O)Nc1nc2ccc(C(F)(F)F)nc2n1C1CCC1. The molecule has 1 amide bonds. The van der Waals surface area contributed by atoms with Gasteiger partial charge in [-0.2, -0.15) is 13.2 Å². The van der Waals surface area contributed by atoms with Crippen LogP contribution < -0.4 is 5.32 Å². The summed E-state index contributed by atoms with van der Waals surface area (Å²) in [6.07, 6.45) is -1.26. The van der Waals surface area contributed by atoms with Crippen LogP contribution in [0, 0.1) is 0 Å². The third-order valence-electron chi connectivity index (χ3n) is 5.32. The van der Waals surface area contributed by atoms with E-state index in [-0.39, 0.29) is 24.1 Å². The molecule has 2 heterocycles. The van der Waals surface area contributed by atoms with E-state index in [1.807, 2.05) is 0 Å². The smallest absolute Gasteiger partial charge is 0.389 e. The number of imidazole rings is 1. The average Bonchev–Trinajstić information content (AvgIpc) is 2.89. The zero-order valence-corrected chi connectivity index (χ0v) is 15.3. The van der Waals surface area contributed by atoms with Crippen molar-refractivity contribution >= 4 is 23.0 Å². The summed E-state index contributed by atoms with van der Waals surface area (Å²) in [6.45, 7) is 3.59. The summed E-state index contributed by atoms with van der Waals surface area (Å²) < 4.78 is 40.7. The Balaban J connectivity index is 1.96. The van der Waals surface area contributed by atoms with Crippen molar-refractivity contribution in [3.63, 3.8) is 0 Å². The second kappa shape index (κ2) is 7.10. The van der Waals surface area contributed by atoms with E-state index in [1.165, 1.54) is 6.07 Å². The lowest BCUT2D eigenvalue weighted by molar-refractivity contribution is -0.141. The summed E-state index contributed by atoms with van der Waals surface area (Å²) in [5, 5.41) is 13.0. The molecule has 0 aromatic carbocycles. The number of alkyl halides is 3. The quantitative estimate of drug-likeness (QED) is 0.787. The Morgan fingerprint density at radius 1 is 1.26 bits per heavy atom. The molecule has 2 aromatic rings. The molecule has 2 N–H and O–H groups in total. The van der Waals surface area contributed by atoms with Crippen LogP contribution in [0.25, 0.3) is 11.2 Å². The van der Waals surface area contributed by atoms with E-state index in [4.69, 9.17) is 0 Å². The Morgan fingerprint density at radius 2 is 1.93 bits per heavy atom. The highest BCUT2D eigenvalue weighted by Gasteiger charge is 2.34. The minimum absolute atomic E-state index is 0.0440. The number of carbonyl (C=O) groups excluding carboxylic acids is 1. The topological polar surface area (TPSA) is 80.0 Å². The van der Waals surface area contributed by atoms with Crippen LogP contribution in [0.1, 0.15) is 64.1 Å². The van der Waals surface area contributed by atoms with Gasteiger partial charge in [0.1, 0.15) is 11.2 Å². The number of hydrogen-bond donors (Lipinski definition) is 2. The minimum Gasteiger partial charge on any atom is -0.389 e. The van der Waals surface area contributed by atoms with Crippen molar-refractivity contribution in [1.29, 1.82) is 0 Å². The maximum atomic E-state index is 13.0. The van der Waals surface area contributed by atoms with Crippen LogP contribution in [-0.2, 0) is 11.0 Å². The molecule has 3 rings (SSSR count). The maximum Gasteiger partial charge on any atom is 0.433 e. The number of carbonyl (C=O) groups is 1. The minimum atomic E-state index is -4.55. The second-order valence-corrected chi connectivity index (χ2v) is 7.08. The van der Waals surface area contributed by atoms with Crippen molar-refractivity contribution in [3.8, 4) is 0 Å². The summed E-state index contributed by atoms with van der Waals surface area (Å²) in [6, 6.07) is 2.11. The van der Waals surface area contributed by atoms with Crippen LogP contribution in [0.3, 0.4) is 0 Å². The van der Waals surface area contributed by atoms with Gasteiger partial charge in [0.05, 0.1) is 12.0 Å². The lowest BCUT2D eigenvalue weighted by Crippen LogP contribution is -2.33. The fourth-order valence-corrected chi connectivity index (χ4v) is 3.18. The number of nitrogens with zero attached hydrogens (tertiary/aromatic N) is 3. The van der Waals surface area contributed by atoms with Gasteiger partial charge < -0.3 is 5.11 Å². The molecule has 1 saturated carbocycles. The number of anilines is 1. The molecule has 0 saturated heterocycles. The number of aliphatic hydroxyl groups is 1. The number of nitrogens with one attached hydrogen (secondary N) is 1. The Morgan fingerprint density at radius 3 is 2.44 bits per heavy atom. The van der Waals surface area contributed by atoms with Gasteiger partial charge in [-0.15, -0.1) is 0 Å². The largest absolute Gasteiger partial charge is 0.433 e. The summed E-state index contributed by atoms with van der Waals surface area (Å²) >= 11 is 0. The van der Waals surface area contributed by atoms with Crippen molar-refractivity contribution in [3.05, 3.63) is 17.8 Å². The van der Waals surface area contributed by atoms with Gasteiger partial charge in [-0.3, -0.25) is 14.7 Å². The van der Waals surface area contributed by atoms with Gasteiger partial charge in [-0.25, -0.2) is 9.97 Å². The second-order valence-electron chi connectivity index (χ2n) is 7.08. The molecule has 1 fully saturated rings. The average molecular weight is 384 g/mol. The van der Waals surface area contributed by atoms with Crippen LogP contribution in [-0.4, -0.2) is 31.1 Å². The molecule has 0 aliphatic heterocycles. The first-order valence-electron chi connectivity index (χ1n) is 9.15. The maximum absolute atomic E-state index is 13.0. The highest BCUT2D eigenvalue weighted by Crippen LogP contribution is 2.38. The molecule has 1 aliphatic carbocycles. The first kappa shape index (κ1) is 19.6. The first-order valence-corrected chi connectivity index (χ1v) is 9.15. The fraction of sp³-hybridized carbons (Fsp3) is 0.611. The van der Waals surface area contributed by atoms with Gasteiger partial charge in [-0.05, 0) is 44.2 Å². The Labute approximate surface area is 154 Å². The predicted molar refractivity (Wildman–Crippen MR) is 94.2 cm³/mol. The zero-order chi connectivity index (χ0) is 19.8. The summed E-state index contributed by atoms with van der Waals surface area (Å²) in [7, 11) is 0. The first-order chi connectivity index (χ1) is 12.7. The fourth-order valence-electron chi connectivity index (χ4n) is 3.18. The van der Waals surface area contributed by atoms with Gasteiger partial charge in [0.2, 0.25) is 11.9 Å². The third-order valence-corrected chi connectivity index (χ3v) is 5.32. The number of pyridine rings is 1. The Kier molecular flexibility index (Phi) is 5.16. The lowest BCUT2D eigenvalue weighted by atomic mass is 9.92. The van der Waals surface area contributed by atoms with Gasteiger partial charge >= 0.3 is 6.18 Å². The van der Waals surface area contributed by atoms with Crippen molar-refractivity contribution < 1.29 is 23.1 Å².